The lowest BCUT2D eigenvalue weighted by Gasteiger charge is -1.88. The van der Waals surface area contributed by atoms with E-state index in [0.29, 0.717) is 5.70 Å². The molecule has 0 fully saturated rings. The SMILES string of the molecule is N#C/C=C(/N)c1ccoc1. The van der Waals surface area contributed by atoms with E-state index in [1.165, 1.54) is 18.6 Å². The Kier molecular flexibility index (Phi) is 1.76. The molecular formula is C7H6N2O. The van der Waals surface area contributed by atoms with Gasteiger partial charge in [0, 0.05) is 11.6 Å². The number of nitriles is 1. The molecular weight excluding hydrogens is 128 g/mol. The van der Waals surface area contributed by atoms with E-state index in [-0.39, 0.29) is 0 Å². The number of allylic oxidation sites excluding steroid dienone is 1. The lowest BCUT2D eigenvalue weighted by Crippen LogP contribution is -1.92. The molecule has 0 aliphatic heterocycles. The van der Waals surface area contributed by atoms with Crippen molar-refractivity contribution in [2.45, 2.75) is 0 Å². The van der Waals surface area contributed by atoms with Crippen LogP contribution in [0.5, 0.6) is 0 Å². The molecule has 1 heterocycles. The van der Waals surface area contributed by atoms with E-state index in [9.17, 15) is 0 Å². The average Bonchev–Trinajstić information content (AvgIpc) is 2.38. The van der Waals surface area contributed by atoms with Crippen LogP contribution in [0.4, 0.5) is 0 Å². The van der Waals surface area contributed by atoms with Crippen LogP contribution in [-0.4, -0.2) is 0 Å². The monoisotopic (exact) mass is 134 g/mol. The zero-order chi connectivity index (χ0) is 7.40. The van der Waals surface area contributed by atoms with E-state index in [1.54, 1.807) is 6.07 Å². The van der Waals surface area contributed by atoms with Crippen molar-refractivity contribution in [2.75, 3.05) is 0 Å². The Morgan fingerprint density at radius 1 is 1.80 bits per heavy atom. The van der Waals surface area contributed by atoms with Gasteiger partial charge in [-0.2, -0.15) is 5.26 Å². The molecule has 1 aromatic heterocycles. The molecule has 3 heteroatoms. The summed E-state index contributed by atoms with van der Waals surface area (Å²) in [7, 11) is 0. The Hall–Kier alpha value is -1.69. The summed E-state index contributed by atoms with van der Waals surface area (Å²) in [4.78, 5) is 0. The van der Waals surface area contributed by atoms with Gasteiger partial charge in [-0.05, 0) is 6.07 Å². The third-order valence-corrected chi connectivity index (χ3v) is 1.07. The summed E-state index contributed by atoms with van der Waals surface area (Å²) >= 11 is 0. The molecule has 0 unspecified atom stereocenters. The molecule has 0 radical (unpaired) electrons. The third-order valence-electron chi connectivity index (χ3n) is 1.07. The third kappa shape index (κ3) is 1.17. The molecule has 50 valence electrons. The first kappa shape index (κ1) is 6.43. The van der Waals surface area contributed by atoms with Gasteiger partial charge in [0.2, 0.25) is 0 Å². The second-order valence-electron chi connectivity index (χ2n) is 1.74. The second-order valence-corrected chi connectivity index (χ2v) is 1.74. The molecule has 3 nitrogen and oxygen atoms in total. The van der Waals surface area contributed by atoms with E-state index < -0.39 is 0 Å². The van der Waals surface area contributed by atoms with Gasteiger partial charge in [-0.3, -0.25) is 0 Å². The quantitative estimate of drug-likeness (QED) is 0.585. The minimum absolute atomic E-state index is 0.427. The van der Waals surface area contributed by atoms with E-state index in [0.717, 1.165) is 5.56 Å². The van der Waals surface area contributed by atoms with Gasteiger partial charge < -0.3 is 10.2 Å². The predicted molar refractivity (Wildman–Crippen MR) is 36.5 cm³/mol. The zero-order valence-electron chi connectivity index (χ0n) is 5.24. The average molecular weight is 134 g/mol. The molecule has 0 saturated carbocycles. The molecule has 0 atom stereocenters. The topological polar surface area (TPSA) is 63.0 Å². The number of nitrogens with zero attached hydrogens (tertiary/aromatic N) is 1. The highest BCUT2D eigenvalue weighted by atomic mass is 16.3. The van der Waals surface area contributed by atoms with Gasteiger partial charge in [-0.15, -0.1) is 0 Å². The fourth-order valence-electron chi connectivity index (χ4n) is 0.582. The molecule has 1 aromatic rings. The standard InChI is InChI=1S/C7H6N2O/c8-3-1-7(9)6-2-4-10-5-6/h1-2,4-5H,9H2/b7-1+. The molecule has 0 spiro atoms. The summed E-state index contributed by atoms with van der Waals surface area (Å²) in [5, 5.41) is 8.20. The number of hydrogen-bond donors (Lipinski definition) is 1. The van der Waals surface area contributed by atoms with Crippen molar-refractivity contribution >= 4 is 5.70 Å². The fourth-order valence-corrected chi connectivity index (χ4v) is 0.582. The summed E-state index contributed by atoms with van der Waals surface area (Å²) < 4.78 is 4.75. The fraction of sp³-hybridized carbons (Fsp3) is 0. The Balaban J connectivity index is 2.90. The van der Waals surface area contributed by atoms with Crippen molar-refractivity contribution in [3.63, 3.8) is 0 Å². The van der Waals surface area contributed by atoms with Crippen molar-refractivity contribution < 1.29 is 4.42 Å². The molecule has 0 saturated heterocycles. The van der Waals surface area contributed by atoms with Gasteiger partial charge >= 0.3 is 0 Å². The van der Waals surface area contributed by atoms with Crippen molar-refractivity contribution in [1.29, 1.82) is 5.26 Å². The number of nitrogens with two attached hydrogens (primary N) is 1. The first-order chi connectivity index (χ1) is 4.84. The van der Waals surface area contributed by atoms with Crippen LogP contribution in [0.25, 0.3) is 5.70 Å². The second kappa shape index (κ2) is 2.74. The van der Waals surface area contributed by atoms with Gasteiger partial charge in [-0.25, -0.2) is 0 Å². The maximum atomic E-state index is 8.20. The van der Waals surface area contributed by atoms with E-state index in [2.05, 4.69) is 0 Å². The smallest absolute Gasteiger partial charge is 0.0995 e. The minimum atomic E-state index is 0.427. The summed E-state index contributed by atoms with van der Waals surface area (Å²) in [5.74, 6) is 0. The minimum Gasteiger partial charge on any atom is -0.472 e. The van der Waals surface area contributed by atoms with Crippen LogP contribution < -0.4 is 5.73 Å². The maximum Gasteiger partial charge on any atom is 0.0995 e. The van der Waals surface area contributed by atoms with Crippen molar-refractivity contribution in [1.82, 2.24) is 0 Å². The van der Waals surface area contributed by atoms with Crippen LogP contribution in [0, 0.1) is 11.3 Å². The van der Waals surface area contributed by atoms with Gasteiger partial charge in [0.05, 0.1) is 24.3 Å². The summed E-state index contributed by atoms with van der Waals surface area (Å²) in [5.41, 5.74) is 6.59. The first-order valence-electron chi connectivity index (χ1n) is 2.72. The van der Waals surface area contributed by atoms with Gasteiger partial charge in [0.25, 0.3) is 0 Å². The Morgan fingerprint density at radius 2 is 2.60 bits per heavy atom. The summed E-state index contributed by atoms with van der Waals surface area (Å²) in [6, 6.07) is 3.52. The Bertz CT molecular complexity index is 266. The Morgan fingerprint density at radius 3 is 3.10 bits per heavy atom. The maximum absolute atomic E-state index is 8.20. The molecule has 0 amide bonds. The molecule has 10 heavy (non-hydrogen) atoms. The number of furan rings is 1. The molecule has 0 aliphatic rings. The van der Waals surface area contributed by atoms with E-state index in [4.69, 9.17) is 15.4 Å². The van der Waals surface area contributed by atoms with Crippen LogP contribution in [0.3, 0.4) is 0 Å². The normalized spacial score (nSPS) is 10.9. The lowest BCUT2D eigenvalue weighted by molar-refractivity contribution is 0.566. The van der Waals surface area contributed by atoms with Gasteiger partial charge in [0.15, 0.2) is 0 Å². The zero-order valence-corrected chi connectivity index (χ0v) is 5.24. The van der Waals surface area contributed by atoms with Crippen LogP contribution >= 0.6 is 0 Å². The highest BCUT2D eigenvalue weighted by molar-refractivity contribution is 5.63. The van der Waals surface area contributed by atoms with Crippen LogP contribution in [0.15, 0.2) is 29.1 Å². The number of hydrogen-bond acceptors (Lipinski definition) is 3. The van der Waals surface area contributed by atoms with Crippen LogP contribution in [0.1, 0.15) is 5.56 Å². The van der Waals surface area contributed by atoms with Gasteiger partial charge in [-0.1, -0.05) is 0 Å². The van der Waals surface area contributed by atoms with Crippen LogP contribution in [0.2, 0.25) is 0 Å². The largest absolute Gasteiger partial charge is 0.472 e. The first-order valence-corrected chi connectivity index (χ1v) is 2.72. The molecule has 2 N–H and O–H groups in total. The van der Waals surface area contributed by atoms with E-state index >= 15 is 0 Å². The highest BCUT2D eigenvalue weighted by Gasteiger charge is 1.94. The number of rotatable bonds is 1. The van der Waals surface area contributed by atoms with Crippen LogP contribution in [-0.2, 0) is 0 Å². The van der Waals surface area contributed by atoms with Gasteiger partial charge in [0.1, 0.15) is 0 Å². The molecule has 0 bridgehead atoms. The Labute approximate surface area is 58.4 Å². The highest BCUT2D eigenvalue weighted by Crippen LogP contribution is 2.07. The van der Waals surface area contributed by atoms with Crippen molar-refractivity contribution in [3.05, 3.63) is 30.2 Å². The predicted octanol–water partition coefficient (Wildman–Crippen LogP) is 1.10. The molecule has 1 rings (SSSR count). The van der Waals surface area contributed by atoms with Crippen molar-refractivity contribution in [2.24, 2.45) is 5.73 Å². The molecule has 0 aromatic carbocycles. The molecule has 0 aliphatic carbocycles. The summed E-state index contributed by atoms with van der Waals surface area (Å²) in [6.45, 7) is 0. The summed E-state index contributed by atoms with van der Waals surface area (Å²) in [6.07, 6.45) is 4.27. The van der Waals surface area contributed by atoms with E-state index in [1.807, 2.05) is 6.07 Å². The lowest BCUT2D eigenvalue weighted by atomic mass is 10.2. The van der Waals surface area contributed by atoms with Crippen molar-refractivity contribution in [3.8, 4) is 6.07 Å².